The van der Waals surface area contributed by atoms with E-state index in [1.54, 1.807) is 0 Å². The summed E-state index contributed by atoms with van der Waals surface area (Å²) in [6, 6.07) is 7.98. The van der Waals surface area contributed by atoms with Crippen molar-refractivity contribution in [2.24, 2.45) is 0 Å². The van der Waals surface area contributed by atoms with E-state index in [0.29, 0.717) is 13.2 Å². The van der Waals surface area contributed by atoms with Gasteiger partial charge in [0.15, 0.2) is 0 Å². The lowest BCUT2D eigenvalue weighted by atomic mass is 10.1. The van der Waals surface area contributed by atoms with E-state index in [0.717, 1.165) is 37.2 Å². The van der Waals surface area contributed by atoms with Gasteiger partial charge in [0, 0.05) is 19.7 Å². The second-order valence-corrected chi connectivity index (χ2v) is 7.85. The number of hydrogen-bond acceptors (Lipinski definition) is 5. The quantitative estimate of drug-likeness (QED) is 0.692. The molecule has 1 atom stereocenters. The highest BCUT2D eigenvalue weighted by Gasteiger charge is 2.25. The molecule has 1 unspecified atom stereocenters. The summed E-state index contributed by atoms with van der Waals surface area (Å²) in [6.45, 7) is 5.16. The van der Waals surface area contributed by atoms with Crippen LogP contribution in [-0.4, -0.2) is 59.0 Å². The Kier molecular flexibility index (Phi) is 7.48. The predicted octanol–water partition coefficient (Wildman–Crippen LogP) is 1.79. The number of rotatable bonds is 10. The van der Waals surface area contributed by atoms with E-state index in [-0.39, 0.29) is 18.4 Å². The number of nitrogens with zero attached hydrogens (tertiary/aromatic N) is 1. The Labute approximate surface area is 145 Å². The molecule has 2 rings (SSSR count). The minimum Gasteiger partial charge on any atom is -0.494 e. The summed E-state index contributed by atoms with van der Waals surface area (Å²) in [4.78, 5) is 2.34. The minimum atomic E-state index is -3.32. The molecule has 1 aliphatic rings. The first-order valence-electron chi connectivity index (χ1n) is 8.49. The highest BCUT2D eigenvalue weighted by atomic mass is 32.2. The summed E-state index contributed by atoms with van der Waals surface area (Å²) in [6.07, 6.45) is 2.31. The number of nitrogens with one attached hydrogen (secondary N) is 1. The van der Waals surface area contributed by atoms with Crippen molar-refractivity contribution in [1.29, 1.82) is 0 Å². The van der Waals surface area contributed by atoms with Crippen LogP contribution in [0.25, 0.3) is 0 Å². The number of methoxy groups -OCH3 is 1. The van der Waals surface area contributed by atoms with Gasteiger partial charge in [0.25, 0.3) is 0 Å². The smallest absolute Gasteiger partial charge is 0.213 e. The third-order valence-electron chi connectivity index (χ3n) is 4.21. The van der Waals surface area contributed by atoms with Crippen LogP contribution >= 0.6 is 0 Å². The first-order valence-corrected chi connectivity index (χ1v) is 10.1. The van der Waals surface area contributed by atoms with Crippen LogP contribution in [0, 0.1) is 0 Å². The van der Waals surface area contributed by atoms with Gasteiger partial charge in [-0.05, 0) is 50.6 Å². The predicted molar refractivity (Wildman–Crippen MR) is 94.8 cm³/mol. The van der Waals surface area contributed by atoms with E-state index < -0.39 is 10.0 Å². The van der Waals surface area contributed by atoms with Crippen LogP contribution in [0.3, 0.4) is 0 Å². The zero-order chi connectivity index (χ0) is 17.4. The van der Waals surface area contributed by atoms with Crippen molar-refractivity contribution in [2.75, 3.05) is 45.7 Å². The summed E-state index contributed by atoms with van der Waals surface area (Å²) < 4.78 is 37.2. The van der Waals surface area contributed by atoms with Crippen LogP contribution < -0.4 is 9.46 Å². The van der Waals surface area contributed by atoms with Crippen LogP contribution in [0.1, 0.15) is 31.4 Å². The van der Waals surface area contributed by atoms with E-state index in [1.807, 2.05) is 31.2 Å². The molecule has 0 bridgehead atoms. The number of ether oxygens (including phenoxy) is 2. The lowest BCUT2D eigenvalue weighted by molar-refractivity contribution is 0.216. The molecular weight excluding hydrogens is 328 g/mol. The summed E-state index contributed by atoms with van der Waals surface area (Å²) >= 11 is 0. The molecule has 1 aromatic carbocycles. The number of likely N-dealkylation sites (tertiary alicyclic amines) is 1. The minimum absolute atomic E-state index is 0.0144. The maximum Gasteiger partial charge on any atom is 0.213 e. The van der Waals surface area contributed by atoms with Gasteiger partial charge >= 0.3 is 0 Å². The van der Waals surface area contributed by atoms with Gasteiger partial charge < -0.3 is 9.47 Å². The lowest BCUT2D eigenvalue weighted by Crippen LogP contribution is -2.38. The van der Waals surface area contributed by atoms with Gasteiger partial charge in [-0.3, -0.25) is 4.90 Å². The molecule has 24 heavy (non-hydrogen) atoms. The zero-order valence-corrected chi connectivity index (χ0v) is 15.3. The normalized spacial score (nSPS) is 17.1. The molecule has 6 nitrogen and oxygen atoms in total. The molecule has 0 amide bonds. The maximum atomic E-state index is 12.0. The van der Waals surface area contributed by atoms with E-state index in [2.05, 4.69) is 9.62 Å². The SMILES string of the molecule is CCOc1ccc(C(CNS(=O)(=O)CCOC)N2CCCC2)cc1. The van der Waals surface area contributed by atoms with E-state index >= 15 is 0 Å². The van der Waals surface area contributed by atoms with Gasteiger partial charge in [0.1, 0.15) is 5.75 Å². The molecule has 1 N–H and O–H groups in total. The van der Waals surface area contributed by atoms with Crippen LogP contribution in [0.5, 0.6) is 5.75 Å². The molecule has 0 aromatic heterocycles. The summed E-state index contributed by atoms with van der Waals surface area (Å²) in [5, 5.41) is 0. The molecule has 0 aliphatic carbocycles. The van der Waals surface area contributed by atoms with E-state index in [9.17, 15) is 8.42 Å². The Morgan fingerprint density at radius 2 is 1.88 bits per heavy atom. The average molecular weight is 356 g/mol. The molecule has 1 aromatic rings. The van der Waals surface area contributed by atoms with Crippen molar-refractivity contribution in [3.8, 4) is 5.75 Å². The molecule has 1 fully saturated rings. The Morgan fingerprint density at radius 1 is 1.21 bits per heavy atom. The molecule has 1 heterocycles. The zero-order valence-electron chi connectivity index (χ0n) is 14.5. The molecule has 136 valence electrons. The van der Waals surface area contributed by atoms with E-state index in [1.165, 1.54) is 7.11 Å². The van der Waals surface area contributed by atoms with Gasteiger partial charge in [-0.2, -0.15) is 0 Å². The van der Waals surface area contributed by atoms with Crippen LogP contribution in [0.4, 0.5) is 0 Å². The summed E-state index contributed by atoms with van der Waals surface area (Å²) in [7, 11) is -1.82. The molecule has 1 saturated heterocycles. The summed E-state index contributed by atoms with van der Waals surface area (Å²) in [5.74, 6) is 0.821. The van der Waals surface area contributed by atoms with Gasteiger partial charge in [0.05, 0.1) is 19.0 Å². The van der Waals surface area contributed by atoms with Crippen LogP contribution in [0.15, 0.2) is 24.3 Å². The monoisotopic (exact) mass is 356 g/mol. The van der Waals surface area contributed by atoms with Crippen molar-refractivity contribution in [3.05, 3.63) is 29.8 Å². The number of hydrogen-bond donors (Lipinski definition) is 1. The molecule has 0 saturated carbocycles. The van der Waals surface area contributed by atoms with E-state index in [4.69, 9.17) is 9.47 Å². The Morgan fingerprint density at radius 3 is 2.46 bits per heavy atom. The van der Waals surface area contributed by atoms with Crippen molar-refractivity contribution in [3.63, 3.8) is 0 Å². The van der Waals surface area contributed by atoms with Crippen LogP contribution in [0.2, 0.25) is 0 Å². The Hall–Kier alpha value is -1.15. The van der Waals surface area contributed by atoms with Gasteiger partial charge in [0.2, 0.25) is 10.0 Å². The molecular formula is C17H28N2O4S. The van der Waals surface area contributed by atoms with Crippen molar-refractivity contribution >= 4 is 10.0 Å². The third kappa shape index (κ3) is 5.73. The number of sulfonamides is 1. The third-order valence-corrected chi connectivity index (χ3v) is 5.52. The van der Waals surface area contributed by atoms with Crippen LogP contribution in [-0.2, 0) is 14.8 Å². The fraction of sp³-hybridized carbons (Fsp3) is 0.647. The highest BCUT2D eigenvalue weighted by Crippen LogP contribution is 2.26. The Balaban J connectivity index is 2.07. The maximum absolute atomic E-state index is 12.0. The van der Waals surface area contributed by atoms with Gasteiger partial charge in [-0.1, -0.05) is 12.1 Å². The first-order chi connectivity index (χ1) is 11.6. The molecule has 0 radical (unpaired) electrons. The second kappa shape index (κ2) is 9.36. The second-order valence-electron chi connectivity index (χ2n) is 5.92. The first kappa shape index (κ1) is 19.2. The van der Waals surface area contributed by atoms with Gasteiger partial charge in [-0.15, -0.1) is 0 Å². The largest absolute Gasteiger partial charge is 0.494 e. The fourth-order valence-corrected chi connectivity index (χ4v) is 3.88. The molecule has 0 spiro atoms. The van der Waals surface area contributed by atoms with Crippen molar-refractivity contribution < 1.29 is 17.9 Å². The topological polar surface area (TPSA) is 67.9 Å². The standard InChI is InChI=1S/C17H28N2O4S/c1-3-23-16-8-6-15(7-9-16)17(19-10-4-5-11-19)14-18-24(20,21)13-12-22-2/h6-9,17-18H,3-5,10-14H2,1-2H3. The average Bonchev–Trinajstić information content (AvgIpc) is 3.09. The fourth-order valence-electron chi connectivity index (χ4n) is 2.94. The highest BCUT2D eigenvalue weighted by molar-refractivity contribution is 7.89. The number of benzene rings is 1. The van der Waals surface area contributed by atoms with Crippen molar-refractivity contribution in [2.45, 2.75) is 25.8 Å². The Bertz CT molecular complexity index is 583. The lowest BCUT2D eigenvalue weighted by Gasteiger charge is -2.28. The summed E-state index contributed by atoms with van der Waals surface area (Å²) in [5.41, 5.74) is 1.11. The van der Waals surface area contributed by atoms with Crippen molar-refractivity contribution in [1.82, 2.24) is 9.62 Å². The van der Waals surface area contributed by atoms with Gasteiger partial charge in [-0.25, -0.2) is 13.1 Å². The molecule has 1 aliphatic heterocycles. The molecule has 7 heteroatoms.